The molecule has 2 amide bonds. The van der Waals surface area contributed by atoms with Crippen molar-refractivity contribution >= 4 is 23.5 Å². The van der Waals surface area contributed by atoms with Gasteiger partial charge in [0, 0.05) is 6.04 Å². The van der Waals surface area contributed by atoms with Crippen LogP contribution >= 0.6 is 0 Å². The van der Waals surface area contributed by atoms with Gasteiger partial charge in [0.25, 0.3) is 11.8 Å². The molecule has 0 bridgehead atoms. The fourth-order valence-corrected chi connectivity index (χ4v) is 3.34. The Hall–Kier alpha value is -2.57. The van der Waals surface area contributed by atoms with Gasteiger partial charge >= 0.3 is 5.97 Å². The molecule has 1 fully saturated rings. The molecule has 0 saturated heterocycles. The van der Waals surface area contributed by atoms with Crippen LogP contribution in [0.25, 0.3) is 0 Å². The number of benzene rings is 1. The van der Waals surface area contributed by atoms with Gasteiger partial charge in [0.05, 0.1) is 5.69 Å². The number of amides is 2. The van der Waals surface area contributed by atoms with E-state index < -0.39 is 12.1 Å². The molecular formula is C19H24N2O5. The maximum absolute atomic E-state index is 12.3. The van der Waals surface area contributed by atoms with Crippen LogP contribution in [0.3, 0.4) is 0 Å². The van der Waals surface area contributed by atoms with E-state index in [9.17, 15) is 14.4 Å². The van der Waals surface area contributed by atoms with E-state index >= 15 is 0 Å². The zero-order valence-electron chi connectivity index (χ0n) is 14.9. The predicted octanol–water partition coefficient (Wildman–Crippen LogP) is 1.79. The SMILES string of the molecule is CCC(OC(=O)CN1C(=O)COc2ccccc21)C(=O)NC1CCCC1. The largest absolute Gasteiger partial charge is 0.482 e. The van der Waals surface area contributed by atoms with E-state index in [1.54, 1.807) is 31.2 Å². The number of nitrogens with one attached hydrogen (secondary N) is 1. The van der Waals surface area contributed by atoms with Gasteiger partial charge in [-0.15, -0.1) is 0 Å². The molecule has 2 aliphatic rings. The van der Waals surface area contributed by atoms with Gasteiger partial charge in [-0.2, -0.15) is 0 Å². The number of hydrogen-bond acceptors (Lipinski definition) is 5. The second-order valence-corrected chi connectivity index (χ2v) is 6.61. The summed E-state index contributed by atoms with van der Waals surface area (Å²) in [4.78, 5) is 38.1. The number of carbonyl (C=O) groups is 3. The second kappa shape index (κ2) is 8.21. The van der Waals surface area contributed by atoms with Crippen molar-refractivity contribution in [2.45, 2.75) is 51.2 Å². The number of nitrogens with zero attached hydrogens (tertiary/aromatic N) is 1. The normalized spacial score (nSPS) is 18.0. The molecule has 1 aliphatic heterocycles. The third kappa shape index (κ3) is 4.15. The molecule has 1 aliphatic carbocycles. The van der Waals surface area contributed by atoms with Crippen LogP contribution in [0, 0.1) is 0 Å². The summed E-state index contributed by atoms with van der Waals surface area (Å²) < 4.78 is 10.7. The smallest absolute Gasteiger partial charge is 0.326 e. The first-order chi connectivity index (χ1) is 12.6. The quantitative estimate of drug-likeness (QED) is 0.782. The molecule has 0 spiro atoms. The predicted molar refractivity (Wildman–Crippen MR) is 94.9 cm³/mol. The number of hydrogen-bond donors (Lipinski definition) is 1. The molecule has 1 aromatic carbocycles. The molecule has 0 radical (unpaired) electrons. The summed E-state index contributed by atoms with van der Waals surface area (Å²) >= 11 is 0. The third-order valence-corrected chi connectivity index (χ3v) is 4.73. The number of anilines is 1. The highest BCUT2D eigenvalue weighted by Gasteiger charge is 2.30. The van der Waals surface area contributed by atoms with Gasteiger partial charge < -0.3 is 14.8 Å². The third-order valence-electron chi connectivity index (χ3n) is 4.73. The molecule has 7 nitrogen and oxygen atoms in total. The Kier molecular flexibility index (Phi) is 5.75. The van der Waals surface area contributed by atoms with Gasteiger partial charge in [-0.05, 0) is 31.4 Å². The minimum atomic E-state index is -0.838. The average molecular weight is 360 g/mol. The number of esters is 1. The van der Waals surface area contributed by atoms with Crippen LogP contribution in [0.15, 0.2) is 24.3 Å². The molecule has 140 valence electrons. The molecule has 1 atom stereocenters. The highest BCUT2D eigenvalue weighted by atomic mass is 16.5. The molecule has 7 heteroatoms. The van der Waals surface area contributed by atoms with Crippen molar-refractivity contribution in [1.82, 2.24) is 5.32 Å². The van der Waals surface area contributed by atoms with Crippen LogP contribution in [-0.2, 0) is 19.1 Å². The minimum absolute atomic E-state index is 0.121. The average Bonchev–Trinajstić information content (AvgIpc) is 3.15. The van der Waals surface area contributed by atoms with E-state index in [1.165, 1.54) is 4.90 Å². The van der Waals surface area contributed by atoms with E-state index in [0.717, 1.165) is 25.7 Å². The maximum atomic E-state index is 12.3. The Morgan fingerprint density at radius 1 is 1.31 bits per heavy atom. The molecule has 1 saturated carbocycles. The topological polar surface area (TPSA) is 84.9 Å². The molecule has 1 N–H and O–H groups in total. The van der Waals surface area contributed by atoms with E-state index in [-0.39, 0.29) is 31.0 Å². The van der Waals surface area contributed by atoms with Crippen molar-refractivity contribution in [3.05, 3.63) is 24.3 Å². The maximum Gasteiger partial charge on any atom is 0.326 e. The van der Waals surface area contributed by atoms with Crippen LogP contribution in [0.5, 0.6) is 5.75 Å². The Morgan fingerprint density at radius 2 is 2.04 bits per heavy atom. The minimum Gasteiger partial charge on any atom is -0.482 e. The van der Waals surface area contributed by atoms with E-state index in [1.807, 2.05) is 0 Å². The fraction of sp³-hybridized carbons (Fsp3) is 0.526. The Bertz CT molecular complexity index is 684. The lowest BCUT2D eigenvalue weighted by atomic mass is 10.2. The van der Waals surface area contributed by atoms with Crippen molar-refractivity contribution in [2.24, 2.45) is 0 Å². The first-order valence-corrected chi connectivity index (χ1v) is 9.10. The van der Waals surface area contributed by atoms with Crippen molar-refractivity contribution in [3.63, 3.8) is 0 Å². The van der Waals surface area contributed by atoms with E-state index in [2.05, 4.69) is 5.32 Å². The van der Waals surface area contributed by atoms with Crippen molar-refractivity contribution in [3.8, 4) is 5.75 Å². The molecule has 26 heavy (non-hydrogen) atoms. The zero-order valence-corrected chi connectivity index (χ0v) is 14.9. The number of fused-ring (bicyclic) bond motifs is 1. The van der Waals surface area contributed by atoms with Crippen molar-refractivity contribution < 1.29 is 23.9 Å². The first-order valence-electron chi connectivity index (χ1n) is 9.10. The van der Waals surface area contributed by atoms with Crippen LogP contribution in [0.2, 0.25) is 0 Å². The molecule has 1 heterocycles. The van der Waals surface area contributed by atoms with Crippen molar-refractivity contribution in [1.29, 1.82) is 0 Å². The standard InChI is InChI=1S/C19H24N2O5/c1-2-15(19(24)20-13-7-3-4-8-13)26-18(23)11-21-14-9-5-6-10-16(14)25-12-17(21)22/h5-6,9-10,13,15H,2-4,7-8,11-12H2,1H3,(H,20,24). The Balaban J connectivity index is 1.60. The lowest BCUT2D eigenvalue weighted by molar-refractivity contribution is -0.155. The van der Waals surface area contributed by atoms with Crippen LogP contribution < -0.4 is 15.0 Å². The van der Waals surface area contributed by atoms with Gasteiger partial charge in [0.1, 0.15) is 12.3 Å². The summed E-state index contributed by atoms with van der Waals surface area (Å²) in [5, 5.41) is 2.95. The Labute approximate surface area is 152 Å². The van der Waals surface area contributed by atoms with Crippen molar-refractivity contribution in [2.75, 3.05) is 18.1 Å². The van der Waals surface area contributed by atoms with Gasteiger partial charge in [0.2, 0.25) is 0 Å². The summed E-state index contributed by atoms with van der Waals surface area (Å²) in [5.41, 5.74) is 0.532. The molecule has 3 rings (SSSR count). The molecular weight excluding hydrogens is 336 g/mol. The number of para-hydroxylation sites is 2. The summed E-state index contributed by atoms with van der Waals surface area (Å²) in [6, 6.07) is 7.19. The molecule has 0 aromatic heterocycles. The van der Waals surface area contributed by atoms with Gasteiger partial charge in [-0.25, -0.2) is 0 Å². The molecule has 1 unspecified atom stereocenters. The summed E-state index contributed by atoms with van der Waals surface area (Å²) in [5.74, 6) is -0.639. The Morgan fingerprint density at radius 3 is 2.77 bits per heavy atom. The monoisotopic (exact) mass is 360 g/mol. The highest BCUT2D eigenvalue weighted by molar-refractivity contribution is 6.01. The van der Waals surface area contributed by atoms with Gasteiger partial charge in [-0.1, -0.05) is 31.9 Å². The first kappa shape index (κ1) is 18.2. The lowest BCUT2D eigenvalue weighted by Crippen LogP contribution is -2.45. The number of carbonyl (C=O) groups excluding carboxylic acids is 3. The lowest BCUT2D eigenvalue weighted by Gasteiger charge is -2.29. The van der Waals surface area contributed by atoms with Crippen LogP contribution in [-0.4, -0.2) is 43.1 Å². The highest BCUT2D eigenvalue weighted by Crippen LogP contribution is 2.31. The number of rotatable bonds is 6. The van der Waals surface area contributed by atoms with Crippen LogP contribution in [0.1, 0.15) is 39.0 Å². The van der Waals surface area contributed by atoms with Gasteiger partial charge in [0.15, 0.2) is 12.7 Å². The van der Waals surface area contributed by atoms with Gasteiger partial charge in [-0.3, -0.25) is 19.3 Å². The second-order valence-electron chi connectivity index (χ2n) is 6.61. The summed E-state index contributed by atoms with van der Waals surface area (Å²) in [7, 11) is 0. The van der Waals surface area contributed by atoms with Crippen LogP contribution in [0.4, 0.5) is 5.69 Å². The summed E-state index contributed by atoms with van der Waals surface area (Å²) in [6.07, 6.45) is 3.71. The fourth-order valence-electron chi connectivity index (χ4n) is 3.34. The zero-order chi connectivity index (χ0) is 18.5. The molecule has 1 aromatic rings. The number of ether oxygens (including phenoxy) is 2. The summed E-state index contributed by atoms with van der Waals surface area (Å²) in [6.45, 7) is 1.43. The van der Waals surface area contributed by atoms with E-state index in [4.69, 9.17) is 9.47 Å². The van der Waals surface area contributed by atoms with E-state index in [0.29, 0.717) is 17.9 Å².